The van der Waals surface area contributed by atoms with Crippen LogP contribution in [0.4, 0.5) is 5.69 Å². The number of hydrogen-bond donors (Lipinski definition) is 1. The normalized spacial score (nSPS) is 13.2. The third-order valence-electron chi connectivity index (χ3n) is 7.32. The number of ether oxygens (including phenoxy) is 2. The fourth-order valence-electron chi connectivity index (χ4n) is 5.35. The van der Waals surface area contributed by atoms with E-state index >= 15 is 0 Å². The maximum absolute atomic E-state index is 14.3. The van der Waals surface area contributed by atoms with Gasteiger partial charge in [-0.2, -0.15) is 4.98 Å². The Morgan fingerprint density at radius 3 is 2.10 bits per heavy atom. The molecule has 0 saturated heterocycles. The highest BCUT2D eigenvalue weighted by molar-refractivity contribution is 7.93. The van der Waals surface area contributed by atoms with Crippen LogP contribution >= 0.6 is 23.2 Å². The van der Waals surface area contributed by atoms with E-state index in [0.717, 1.165) is 4.31 Å². The number of rotatable bonds is 9. The highest BCUT2D eigenvalue weighted by Crippen LogP contribution is 2.38. The molecule has 0 spiro atoms. The SMILES string of the molecule is CC(C)(C)Oc1ncc(-c2cc(-n3ccc4cc(N(C(C(=O)O)C(C)(C)C)S(=O)(=O)c5cc(Cl)cc(Cl)c5)ccc43)ncn2)c(OC(C)(C)C)n1. The number of carbonyl (C=O) groups is 1. The van der Waals surface area contributed by atoms with Crippen LogP contribution < -0.4 is 13.8 Å². The Morgan fingerprint density at radius 2 is 1.51 bits per heavy atom. The molecule has 1 atom stereocenters. The Hall–Kier alpha value is -4.46. The molecule has 5 rings (SSSR count). The zero-order valence-electron chi connectivity index (χ0n) is 29.8. The van der Waals surface area contributed by atoms with Gasteiger partial charge in [0, 0.05) is 33.9 Å². The van der Waals surface area contributed by atoms with E-state index in [0.29, 0.717) is 28.0 Å². The Labute approximate surface area is 307 Å². The molecule has 5 aromatic rings. The summed E-state index contributed by atoms with van der Waals surface area (Å²) < 4.78 is 43.3. The highest BCUT2D eigenvalue weighted by atomic mass is 35.5. The second-order valence-corrected chi connectivity index (χ2v) is 17.7. The molecule has 0 aliphatic carbocycles. The Bertz CT molecular complexity index is 2200. The minimum Gasteiger partial charge on any atom is -0.480 e. The third kappa shape index (κ3) is 8.54. The maximum atomic E-state index is 14.3. The van der Waals surface area contributed by atoms with Gasteiger partial charge >= 0.3 is 12.0 Å². The molecule has 15 heteroatoms. The minimum absolute atomic E-state index is 0.0956. The van der Waals surface area contributed by atoms with E-state index < -0.39 is 38.7 Å². The smallest absolute Gasteiger partial charge is 0.328 e. The molecule has 0 bridgehead atoms. The number of carboxylic acids is 1. The van der Waals surface area contributed by atoms with Gasteiger partial charge in [0.2, 0.25) is 5.88 Å². The van der Waals surface area contributed by atoms with Gasteiger partial charge in [0.05, 0.1) is 27.4 Å². The molecule has 3 heterocycles. The van der Waals surface area contributed by atoms with Crippen molar-refractivity contribution in [1.29, 1.82) is 0 Å². The molecule has 0 aliphatic heterocycles. The van der Waals surface area contributed by atoms with Gasteiger partial charge in [-0.1, -0.05) is 44.0 Å². The number of hydrogen-bond acceptors (Lipinski definition) is 9. The van der Waals surface area contributed by atoms with Gasteiger partial charge in [0.25, 0.3) is 10.0 Å². The van der Waals surface area contributed by atoms with Crippen molar-refractivity contribution in [2.45, 2.75) is 84.5 Å². The van der Waals surface area contributed by atoms with E-state index in [1.165, 1.54) is 24.5 Å². The first kappa shape index (κ1) is 37.8. The molecular formula is C36H40Cl2N6O6S. The van der Waals surface area contributed by atoms with Gasteiger partial charge < -0.3 is 19.1 Å². The van der Waals surface area contributed by atoms with Gasteiger partial charge in [-0.05, 0) is 89.4 Å². The van der Waals surface area contributed by atoms with Crippen molar-refractivity contribution in [3.05, 3.63) is 77.3 Å². The summed E-state index contributed by atoms with van der Waals surface area (Å²) in [5.41, 5.74) is -0.297. The largest absolute Gasteiger partial charge is 0.480 e. The summed E-state index contributed by atoms with van der Waals surface area (Å²) in [6.07, 6.45) is 4.78. The van der Waals surface area contributed by atoms with Crippen molar-refractivity contribution in [3.8, 4) is 29.0 Å². The number of aliphatic carboxylic acids is 1. The molecular weight excluding hydrogens is 715 g/mol. The van der Waals surface area contributed by atoms with E-state index in [1.54, 1.807) is 68.1 Å². The number of aromatic nitrogens is 5. The van der Waals surface area contributed by atoms with Crippen LogP contribution in [0.25, 0.3) is 28.0 Å². The Kier molecular flexibility index (Phi) is 10.1. The first-order valence-corrected chi connectivity index (χ1v) is 18.2. The predicted octanol–water partition coefficient (Wildman–Crippen LogP) is 8.23. The maximum Gasteiger partial charge on any atom is 0.328 e. The number of anilines is 1. The van der Waals surface area contributed by atoms with Crippen molar-refractivity contribution < 1.29 is 27.8 Å². The zero-order chi connectivity index (χ0) is 37.7. The highest BCUT2D eigenvalue weighted by Gasteiger charge is 2.43. The molecule has 3 aromatic heterocycles. The number of halogens is 2. The summed E-state index contributed by atoms with van der Waals surface area (Å²) in [4.78, 5) is 30.5. The van der Waals surface area contributed by atoms with E-state index in [9.17, 15) is 18.3 Å². The molecule has 270 valence electrons. The van der Waals surface area contributed by atoms with Crippen LogP contribution in [0.5, 0.6) is 11.9 Å². The number of fused-ring (bicyclic) bond motifs is 1. The van der Waals surface area contributed by atoms with Gasteiger partial charge in [-0.3, -0.25) is 4.31 Å². The summed E-state index contributed by atoms with van der Waals surface area (Å²) in [5, 5.41) is 11.2. The average molecular weight is 756 g/mol. The van der Waals surface area contributed by atoms with E-state index in [1.807, 2.05) is 41.5 Å². The standard InChI is InChI=1S/C36H40Cl2N6O6S/c1-34(2,3)30(32(45)46)44(51(47,48)25-16-22(37)15-23(38)17-25)24-10-11-28-21(14-24)12-13-43(28)29-18-27(40-20-41-29)26-19-39-33(50-36(7,8)9)42-31(26)49-35(4,5)6/h10-20,30H,1-9H3,(H,45,46). The summed E-state index contributed by atoms with van der Waals surface area (Å²) >= 11 is 12.4. The van der Waals surface area contributed by atoms with Gasteiger partial charge in [-0.25, -0.2) is 28.2 Å². The molecule has 2 aromatic carbocycles. The van der Waals surface area contributed by atoms with E-state index in [2.05, 4.69) is 19.9 Å². The monoisotopic (exact) mass is 754 g/mol. The van der Waals surface area contributed by atoms with Crippen LogP contribution in [0.2, 0.25) is 10.0 Å². The van der Waals surface area contributed by atoms with Crippen molar-refractivity contribution in [2.75, 3.05) is 4.31 Å². The molecule has 0 saturated carbocycles. The molecule has 1 unspecified atom stereocenters. The molecule has 0 aliphatic rings. The lowest BCUT2D eigenvalue weighted by Crippen LogP contribution is -2.52. The quantitative estimate of drug-likeness (QED) is 0.156. The van der Waals surface area contributed by atoms with Crippen LogP contribution in [0, 0.1) is 5.41 Å². The van der Waals surface area contributed by atoms with Crippen LogP contribution in [0.3, 0.4) is 0 Å². The van der Waals surface area contributed by atoms with Crippen molar-refractivity contribution in [1.82, 2.24) is 24.5 Å². The summed E-state index contributed by atoms with van der Waals surface area (Å²) in [5.74, 6) is -0.532. The fraction of sp³-hybridized carbons (Fsp3) is 0.361. The van der Waals surface area contributed by atoms with Gasteiger partial charge in [0.1, 0.15) is 29.4 Å². The van der Waals surface area contributed by atoms with Crippen LogP contribution in [-0.2, 0) is 14.8 Å². The predicted molar refractivity (Wildman–Crippen MR) is 198 cm³/mol. The molecule has 51 heavy (non-hydrogen) atoms. The molecule has 0 radical (unpaired) electrons. The van der Waals surface area contributed by atoms with Crippen LogP contribution in [-0.4, -0.2) is 61.2 Å². The fourth-order valence-corrected chi connectivity index (χ4v) is 7.86. The van der Waals surface area contributed by atoms with E-state index in [-0.39, 0.29) is 32.5 Å². The average Bonchev–Trinajstić information content (AvgIpc) is 3.40. The summed E-state index contributed by atoms with van der Waals surface area (Å²) in [7, 11) is -4.48. The van der Waals surface area contributed by atoms with Crippen LogP contribution in [0.1, 0.15) is 62.3 Å². The number of sulfonamides is 1. The van der Waals surface area contributed by atoms with Gasteiger partial charge in [0.15, 0.2) is 0 Å². The topological polar surface area (TPSA) is 150 Å². The lowest BCUT2D eigenvalue weighted by molar-refractivity contribution is -0.140. The molecule has 12 nitrogen and oxygen atoms in total. The van der Waals surface area contributed by atoms with Crippen molar-refractivity contribution in [2.24, 2.45) is 5.41 Å². The second kappa shape index (κ2) is 13.6. The van der Waals surface area contributed by atoms with E-state index in [4.69, 9.17) is 32.7 Å². The Morgan fingerprint density at radius 1 is 0.863 bits per heavy atom. The number of benzene rings is 2. The van der Waals surface area contributed by atoms with Crippen molar-refractivity contribution in [3.63, 3.8) is 0 Å². The second-order valence-electron chi connectivity index (χ2n) is 15.0. The molecule has 1 N–H and O–H groups in total. The van der Waals surface area contributed by atoms with Crippen molar-refractivity contribution >= 4 is 55.8 Å². The molecule has 0 fully saturated rings. The number of nitrogens with zero attached hydrogens (tertiary/aromatic N) is 6. The summed E-state index contributed by atoms with van der Waals surface area (Å²) in [6.45, 7) is 16.4. The lowest BCUT2D eigenvalue weighted by Gasteiger charge is -2.37. The number of carboxylic acid groups (broad SMARTS) is 1. The van der Waals surface area contributed by atoms with Gasteiger partial charge in [-0.15, -0.1) is 0 Å². The third-order valence-corrected chi connectivity index (χ3v) is 9.52. The first-order chi connectivity index (χ1) is 23.5. The first-order valence-electron chi connectivity index (χ1n) is 16.0. The van der Waals surface area contributed by atoms with Crippen LogP contribution in [0.15, 0.2) is 72.1 Å². The zero-order valence-corrected chi connectivity index (χ0v) is 32.1. The molecule has 0 amide bonds. The Balaban J connectivity index is 1.61. The summed E-state index contributed by atoms with van der Waals surface area (Å²) in [6, 6.07) is 11.0. The minimum atomic E-state index is -4.48. The lowest BCUT2D eigenvalue weighted by atomic mass is 9.86.